The van der Waals surface area contributed by atoms with Gasteiger partial charge < -0.3 is 10.3 Å². The summed E-state index contributed by atoms with van der Waals surface area (Å²) < 4.78 is 5.25. The molecule has 1 atom stereocenters. The minimum absolute atomic E-state index is 0.117. The summed E-state index contributed by atoms with van der Waals surface area (Å²) in [5, 5.41) is 3.98. The maximum atomic E-state index is 6.09. The van der Waals surface area contributed by atoms with Crippen LogP contribution in [0.4, 0.5) is 0 Å². The Morgan fingerprint density at radius 1 is 1.33 bits per heavy atom. The molecule has 0 aromatic carbocycles. The van der Waals surface area contributed by atoms with E-state index >= 15 is 0 Å². The fourth-order valence-electron chi connectivity index (χ4n) is 1.54. The molecule has 0 spiro atoms. The molecule has 96 valence electrons. The molecular weight excluding hydrogens is 228 g/mol. The number of nitrogens with zero attached hydrogens (tertiary/aromatic N) is 3. The Labute approximate surface area is 106 Å². The average molecular weight is 246 g/mol. The van der Waals surface area contributed by atoms with Crippen LogP contribution < -0.4 is 5.73 Å². The Kier molecular flexibility index (Phi) is 3.17. The lowest BCUT2D eigenvalue weighted by atomic mass is 9.87. The highest BCUT2D eigenvalue weighted by Crippen LogP contribution is 2.30. The number of hydrogen-bond donors (Lipinski definition) is 1. The van der Waals surface area contributed by atoms with E-state index in [0.29, 0.717) is 11.7 Å². The van der Waals surface area contributed by atoms with Crippen molar-refractivity contribution in [2.45, 2.75) is 33.7 Å². The molecule has 0 aliphatic carbocycles. The van der Waals surface area contributed by atoms with Gasteiger partial charge in [-0.2, -0.15) is 4.98 Å². The van der Waals surface area contributed by atoms with Crippen molar-refractivity contribution in [2.24, 2.45) is 11.1 Å². The SMILES string of the molecule is Cc1ccncc1-c1noc(C(N)C(C)(C)C)n1. The summed E-state index contributed by atoms with van der Waals surface area (Å²) in [5.41, 5.74) is 7.90. The van der Waals surface area contributed by atoms with Crippen LogP contribution in [0.1, 0.15) is 38.3 Å². The van der Waals surface area contributed by atoms with Crippen LogP contribution in [-0.4, -0.2) is 15.1 Å². The van der Waals surface area contributed by atoms with Crippen molar-refractivity contribution in [1.29, 1.82) is 0 Å². The first kappa shape index (κ1) is 12.7. The lowest BCUT2D eigenvalue weighted by Gasteiger charge is -2.23. The van der Waals surface area contributed by atoms with E-state index < -0.39 is 0 Å². The van der Waals surface area contributed by atoms with Crippen molar-refractivity contribution in [2.75, 3.05) is 0 Å². The zero-order chi connectivity index (χ0) is 13.3. The quantitative estimate of drug-likeness (QED) is 0.880. The molecule has 2 rings (SSSR count). The Morgan fingerprint density at radius 3 is 2.67 bits per heavy atom. The van der Waals surface area contributed by atoms with Crippen LogP contribution in [0.15, 0.2) is 23.0 Å². The highest BCUT2D eigenvalue weighted by Gasteiger charge is 2.27. The number of aromatic nitrogens is 3. The van der Waals surface area contributed by atoms with E-state index in [9.17, 15) is 0 Å². The minimum Gasteiger partial charge on any atom is -0.337 e. The first-order valence-electron chi connectivity index (χ1n) is 5.90. The maximum absolute atomic E-state index is 6.09. The molecule has 0 aliphatic heterocycles. The fraction of sp³-hybridized carbons (Fsp3) is 0.462. The summed E-state index contributed by atoms with van der Waals surface area (Å²) in [6.45, 7) is 8.10. The molecule has 0 aliphatic rings. The molecule has 0 radical (unpaired) electrons. The van der Waals surface area contributed by atoms with Crippen LogP contribution in [0, 0.1) is 12.3 Å². The largest absolute Gasteiger partial charge is 0.337 e. The second-order valence-electron chi connectivity index (χ2n) is 5.49. The molecule has 5 heteroatoms. The van der Waals surface area contributed by atoms with Crippen molar-refractivity contribution in [3.8, 4) is 11.4 Å². The van der Waals surface area contributed by atoms with E-state index in [1.54, 1.807) is 12.4 Å². The molecule has 18 heavy (non-hydrogen) atoms. The molecule has 2 aromatic heterocycles. The Bertz CT molecular complexity index is 542. The Hall–Kier alpha value is -1.75. The lowest BCUT2D eigenvalue weighted by molar-refractivity contribution is 0.253. The van der Waals surface area contributed by atoms with Gasteiger partial charge in [-0.05, 0) is 24.0 Å². The van der Waals surface area contributed by atoms with Gasteiger partial charge in [0.1, 0.15) is 0 Å². The molecule has 0 bridgehead atoms. The third-order valence-corrected chi connectivity index (χ3v) is 2.92. The summed E-state index contributed by atoms with van der Waals surface area (Å²) in [5.74, 6) is 0.996. The third kappa shape index (κ3) is 2.41. The van der Waals surface area contributed by atoms with Crippen LogP contribution in [0.3, 0.4) is 0 Å². The first-order chi connectivity index (χ1) is 8.39. The summed E-state index contributed by atoms with van der Waals surface area (Å²) in [7, 11) is 0. The average Bonchev–Trinajstić information content (AvgIpc) is 2.76. The van der Waals surface area contributed by atoms with Crippen LogP contribution >= 0.6 is 0 Å². The van der Waals surface area contributed by atoms with E-state index in [-0.39, 0.29) is 11.5 Å². The van der Waals surface area contributed by atoms with Gasteiger partial charge in [0.2, 0.25) is 11.7 Å². The molecule has 0 fully saturated rings. The molecule has 0 saturated heterocycles. The second kappa shape index (κ2) is 4.49. The van der Waals surface area contributed by atoms with Gasteiger partial charge in [-0.1, -0.05) is 25.9 Å². The minimum atomic E-state index is -0.282. The fourth-order valence-corrected chi connectivity index (χ4v) is 1.54. The van der Waals surface area contributed by atoms with E-state index in [1.165, 1.54) is 0 Å². The van der Waals surface area contributed by atoms with Gasteiger partial charge in [0.15, 0.2) is 0 Å². The van der Waals surface area contributed by atoms with Gasteiger partial charge in [-0.25, -0.2) is 0 Å². The molecule has 5 nitrogen and oxygen atoms in total. The van der Waals surface area contributed by atoms with E-state index in [2.05, 4.69) is 15.1 Å². The number of aryl methyl sites for hydroxylation is 1. The topological polar surface area (TPSA) is 77.8 Å². The molecule has 2 aromatic rings. The molecule has 0 amide bonds. The molecule has 2 N–H and O–H groups in total. The van der Waals surface area contributed by atoms with E-state index in [1.807, 2.05) is 33.8 Å². The van der Waals surface area contributed by atoms with Crippen LogP contribution in [0.5, 0.6) is 0 Å². The van der Waals surface area contributed by atoms with Crippen molar-refractivity contribution in [3.63, 3.8) is 0 Å². The maximum Gasteiger partial charge on any atom is 0.244 e. The second-order valence-corrected chi connectivity index (χ2v) is 5.49. The summed E-state index contributed by atoms with van der Waals surface area (Å²) in [6.07, 6.45) is 3.47. The third-order valence-electron chi connectivity index (χ3n) is 2.92. The first-order valence-corrected chi connectivity index (χ1v) is 5.90. The smallest absolute Gasteiger partial charge is 0.244 e. The van der Waals surface area contributed by atoms with E-state index in [4.69, 9.17) is 10.3 Å². The molecule has 2 heterocycles. The van der Waals surface area contributed by atoms with E-state index in [0.717, 1.165) is 11.1 Å². The summed E-state index contributed by atoms with van der Waals surface area (Å²) in [6, 6.07) is 1.63. The van der Waals surface area contributed by atoms with Crippen molar-refractivity contribution in [1.82, 2.24) is 15.1 Å². The summed E-state index contributed by atoms with van der Waals surface area (Å²) in [4.78, 5) is 8.44. The highest BCUT2D eigenvalue weighted by atomic mass is 16.5. The number of hydrogen-bond acceptors (Lipinski definition) is 5. The van der Waals surface area contributed by atoms with Crippen molar-refractivity contribution in [3.05, 3.63) is 29.9 Å². The highest BCUT2D eigenvalue weighted by molar-refractivity contribution is 5.57. The van der Waals surface area contributed by atoms with Gasteiger partial charge in [0.05, 0.1) is 6.04 Å². The molecular formula is C13H18N4O. The van der Waals surface area contributed by atoms with Crippen LogP contribution in [0.2, 0.25) is 0 Å². The Balaban J connectivity index is 2.35. The van der Waals surface area contributed by atoms with Gasteiger partial charge in [-0.3, -0.25) is 4.98 Å². The van der Waals surface area contributed by atoms with Crippen LogP contribution in [0.25, 0.3) is 11.4 Å². The monoisotopic (exact) mass is 246 g/mol. The predicted molar refractivity (Wildman–Crippen MR) is 68.6 cm³/mol. The van der Waals surface area contributed by atoms with Crippen molar-refractivity contribution < 1.29 is 4.52 Å². The normalized spacial score (nSPS) is 13.6. The Morgan fingerprint density at radius 2 is 2.06 bits per heavy atom. The lowest BCUT2D eigenvalue weighted by Crippen LogP contribution is -2.26. The molecule has 0 saturated carbocycles. The van der Waals surface area contributed by atoms with Crippen LogP contribution in [-0.2, 0) is 0 Å². The predicted octanol–water partition coefficient (Wildman–Crippen LogP) is 2.49. The number of nitrogens with two attached hydrogens (primary N) is 1. The standard InChI is InChI=1S/C13H18N4O/c1-8-5-6-15-7-9(8)11-16-12(18-17-11)10(14)13(2,3)4/h5-7,10H,14H2,1-4H3. The van der Waals surface area contributed by atoms with Gasteiger partial charge >= 0.3 is 0 Å². The molecule has 1 unspecified atom stereocenters. The van der Waals surface area contributed by atoms with Crippen molar-refractivity contribution >= 4 is 0 Å². The number of pyridine rings is 1. The zero-order valence-electron chi connectivity index (χ0n) is 11.1. The van der Waals surface area contributed by atoms with Gasteiger partial charge in [0, 0.05) is 18.0 Å². The number of rotatable bonds is 2. The van der Waals surface area contributed by atoms with Gasteiger partial charge in [-0.15, -0.1) is 0 Å². The summed E-state index contributed by atoms with van der Waals surface area (Å²) >= 11 is 0. The van der Waals surface area contributed by atoms with Gasteiger partial charge in [0.25, 0.3) is 0 Å². The zero-order valence-corrected chi connectivity index (χ0v) is 11.1.